The summed E-state index contributed by atoms with van der Waals surface area (Å²) >= 11 is 0. The smallest absolute Gasteiger partial charge is 0.264 e. The van der Waals surface area contributed by atoms with Gasteiger partial charge in [-0.25, -0.2) is 8.42 Å². The largest absolute Gasteiger partial charge is 0.404 e. The number of nitrogens with zero attached hydrogens (tertiary/aromatic N) is 1. The zero-order valence-corrected chi connectivity index (χ0v) is 11.2. The maximum atomic E-state index is 12.5. The Balaban J connectivity index is 2.48. The van der Waals surface area contributed by atoms with Gasteiger partial charge in [-0.15, -0.1) is 0 Å². The van der Waals surface area contributed by atoms with Crippen LogP contribution in [0, 0.1) is 0 Å². The molecule has 1 atom stereocenters. The van der Waals surface area contributed by atoms with Crippen LogP contribution in [0.3, 0.4) is 0 Å². The van der Waals surface area contributed by atoms with Crippen LogP contribution in [0.25, 0.3) is 10.8 Å². The maximum Gasteiger partial charge on any atom is 0.404 e. The van der Waals surface area contributed by atoms with Crippen molar-refractivity contribution in [3.8, 4) is 0 Å². The van der Waals surface area contributed by atoms with E-state index in [1.165, 1.54) is 30.6 Å². The lowest BCUT2D eigenvalue weighted by Gasteiger charge is -2.17. The topological polar surface area (TPSA) is 59.1 Å². The quantitative estimate of drug-likeness (QED) is 0.947. The highest BCUT2D eigenvalue weighted by Gasteiger charge is 2.39. The summed E-state index contributed by atoms with van der Waals surface area (Å²) in [5.41, 5.74) is 0. The number of sulfonamides is 1. The van der Waals surface area contributed by atoms with Gasteiger partial charge in [-0.05, 0) is 19.1 Å². The zero-order valence-electron chi connectivity index (χ0n) is 10.3. The second-order valence-corrected chi connectivity index (χ2v) is 5.92. The number of alkyl halides is 3. The Hall–Kier alpha value is -1.67. The van der Waals surface area contributed by atoms with Crippen molar-refractivity contribution in [2.75, 3.05) is 0 Å². The van der Waals surface area contributed by atoms with E-state index in [0.29, 0.717) is 10.8 Å². The Morgan fingerprint density at radius 1 is 1.25 bits per heavy atom. The molecule has 0 fully saturated rings. The van der Waals surface area contributed by atoms with Crippen LogP contribution >= 0.6 is 0 Å². The second kappa shape index (κ2) is 5.02. The predicted octanol–water partition coefficient (Wildman–Crippen LogP) is 2.46. The van der Waals surface area contributed by atoms with E-state index in [9.17, 15) is 21.6 Å². The minimum atomic E-state index is -4.64. The first-order chi connectivity index (χ1) is 9.22. The minimum absolute atomic E-state index is 0.200. The van der Waals surface area contributed by atoms with Crippen LogP contribution in [0.15, 0.2) is 41.6 Å². The maximum absolute atomic E-state index is 12.5. The molecule has 20 heavy (non-hydrogen) atoms. The molecule has 8 heteroatoms. The third-order valence-corrected chi connectivity index (χ3v) is 4.35. The summed E-state index contributed by atoms with van der Waals surface area (Å²) in [4.78, 5) is 3.64. The molecule has 0 bridgehead atoms. The van der Waals surface area contributed by atoms with Gasteiger partial charge in [-0.2, -0.15) is 17.9 Å². The van der Waals surface area contributed by atoms with E-state index in [0.717, 1.165) is 6.92 Å². The van der Waals surface area contributed by atoms with Gasteiger partial charge in [0.05, 0.1) is 4.90 Å². The fourth-order valence-electron chi connectivity index (χ4n) is 1.69. The van der Waals surface area contributed by atoms with E-state index in [2.05, 4.69) is 4.98 Å². The molecule has 2 rings (SSSR count). The van der Waals surface area contributed by atoms with E-state index >= 15 is 0 Å². The Labute approximate surface area is 113 Å². The van der Waals surface area contributed by atoms with Gasteiger partial charge in [0.1, 0.15) is 6.04 Å². The summed E-state index contributed by atoms with van der Waals surface area (Å²) in [7, 11) is -4.27. The normalized spacial score (nSPS) is 14.4. The summed E-state index contributed by atoms with van der Waals surface area (Å²) in [5, 5.41) is 0.861. The number of hydrogen-bond acceptors (Lipinski definition) is 3. The molecule has 108 valence electrons. The van der Waals surface area contributed by atoms with Gasteiger partial charge < -0.3 is 0 Å². The lowest BCUT2D eigenvalue weighted by atomic mass is 10.2. The molecule has 1 aromatic carbocycles. The van der Waals surface area contributed by atoms with E-state index < -0.39 is 22.2 Å². The van der Waals surface area contributed by atoms with Crippen LogP contribution in [0.5, 0.6) is 0 Å². The molecule has 2 aromatic rings. The van der Waals surface area contributed by atoms with Crippen LogP contribution in [-0.2, 0) is 10.0 Å². The van der Waals surface area contributed by atoms with Gasteiger partial charge in [0.25, 0.3) is 0 Å². The molecule has 1 unspecified atom stereocenters. The monoisotopic (exact) mass is 304 g/mol. The van der Waals surface area contributed by atoms with Crippen LogP contribution in [0.2, 0.25) is 0 Å². The van der Waals surface area contributed by atoms with Crippen molar-refractivity contribution in [2.24, 2.45) is 0 Å². The molecule has 1 aromatic heterocycles. The highest BCUT2D eigenvalue weighted by Crippen LogP contribution is 2.25. The molecular weight excluding hydrogens is 293 g/mol. The first kappa shape index (κ1) is 14.7. The number of nitrogens with one attached hydrogen (secondary N) is 1. The predicted molar refractivity (Wildman–Crippen MR) is 67.6 cm³/mol. The number of rotatable bonds is 3. The summed E-state index contributed by atoms with van der Waals surface area (Å²) < 4.78 is 63.2. The Kier molecular flexibility index (Phi) is 3.70. The van der Waals surface area contributed by atoms with Gasteiger partial charge >= 0.3 is 6.18 Å². The summed E-state index contributed by atoms with van der Waals surface area (Å²) in [6.45, 7) is 0.754. The zero-order chi connectivity index (χ0) is 15.0. The van der Waals surface area contributed by atoms with Gasteiger partial charge in [0.2, 0.25) is 10.0 Å². The number of fused-ring (bicyclic) bond motifs is 1. The number of halogens is 3. The van der Waals surface area contributed by atoms with Gasteiger partial charge in [0, 0.05) is 23.2 Å². The average Bonchev–Trinajstić information content (AvgIpc) is 2.36. The SMILES string of the molecule is CC(NS(=O)(=O)c1cccc2cnccc12)C(F)(F)F. The van der Waals surface area contributed by atoms with Crippen molar-refractivity contribution in [1.82, 2.24) is 9.71 Å². The van der Waals surface area contributed by atoms with Crippen molar-refractivity contribution >= 4 is 20.8 Å². The van der Waals surface area contributed by atoms with Gasteiger partial charge in [0.15, 0.2) is 0 Å². The van der Waals surface area contributed by atoms with Crippen LogP contribution in [0.1, 0.15) is 6.92 Å². The van der Waals surface area contributed by atoms with Gasteiger partial charge in [-0.1, -0.05) is 12.1 Å². The van der Waals surface area contributed by atoms with Crippen LogP contribution in [0.4, 0.5) is 13.2 Å². The Morgan fingerprint density at radius 3 is 2.60 bits per heavy atom. The van der Waals surface area contributed by atoms with Crippen LogP contribution in [-0.4, -0.2) is 25.6 Å². The summed E-state index contributed by atoms with van der Waals surface area (Å²) in [5.74, 6) is 0. The minimum Gasteiger partial charge on any atom is -0.264 e. The molecule has 0 amide bonds. The van der Waals surface area contributed by atoms with Crippen molar-refractivity contribution < 1.29 is 21.6 Å². The fourth-order valence-corrected chi connectivity index (χ4v) is 3.15. The third kappa shape index (κ3) is 2.91. The number of aromatic nitrogens is 1. The highest BCUT2D eigenvalue weighted by atomic mass is 32.2. The molecule has 0 aliphatic carbocycles. The Morgan fingerprint density at radius 2 is 1.95 bits per heavy atom. The van der Waals surface area contributed by atoms with Gasteiger partial charge in [-0.3, -0.25) is 4.98 Å². The molecular formula is C12H11F3N2O2S. The molecule has 1 heterocycles. The first-order valence-electron chi connectivity index (χ1n) is 5.63. The van der Waals surface area contributed by atoms with Crippen molar-refractivity contribution in [2.45, 2.75) is 24.0 Å². The van der Waals surface area contributed by atoms with Crippen LogP contribution < -0.4 is 4.72 Å². The molecule has 0 saturated heterocycles. The molecule has 0 aliphatic heterocycles. The van der Waals surface area contributed by atoms with E-state index in [1.54, 1.807) is 10.8 Å². The summed E-state index contributed by atoms with van der Waals surface area (Å²) in [6, 6.07) is 3.63. The van der Waals surface area contributed by atoms with Crippen molar-refractivity contribution in [3.05, 3.63) is 36.7 Å². The average molecular weight is 304 g/mol. The Bertz CT molecular complexity index is 724. The van der Waals surface area contributed by atoms with E-state index in [-0.39, 0.29) is 4.90 Å². The molecule has 0 radical (unpaired) electrons. The number of hydrogen-bond donors (Lipinski definition) is 1. The van der Waals surface area contributed by atoms with Crippen molar-refractivity contribution in [1.29, 1.82) is 0 Å². The molecule has 4 nitrogen and oxygen atoms in total. The van der Waals surface area contributed by atoms with E-state index in [1.807, 2.05) is 0 Å². The first-order valence-corrected chi connectivity index (χ1v) is 7.12. The second-order valence-electron chi connectivity index (χ2n) is 4.24. The lowest BCUT2D eigenvalue weighted by Crippen LogP contribution is -2.43. The third-order valence-electron chi connectivity index (χ3n) is 2.75. The number of benzene rings is 1. The molecule has 1 N–H and O–H groups in total. The molecule has 0 saturated carbocycles. The van der Waals surface area contributed by atoms with E-state index in [4.69, 9.17) is 0 Å². The highest BCUT2D eigenvalue weighted by molar-refractivity contribution is 7.89. The lowest BCUT2D eigenvalue weighted by molar-refractivity contribution is -0.147. The molecule has 0 aliphatic rings. The standard InChI is InChI=1S/C12H11F3N2O2S/c1-8(12(13,14)15)17-20(18,19)11-4-2-3-9-7-16-6-5-10(9)11/h2-8,17H,1H3. The van der Waals surface area contributed by atoms with Crippen molar-refractivity contribution in [3.63, 3.8) is 0 Å². The summed E-state index contributed by atoms with van der Waals surface area (Å²) in [6.07, 6.45) is -1.81. The molecule has 0 spiro atoms. The number of pyridine rings is 1. The fraction of sp³-hybridized carbons (Fsp3) is 0.250.